The second kappa shape index (κ2) is 3.58. The number of carbonyl (C=O) groups is 1. The van der Waals surface area contributed by atoms with Crippen LogP contribution in [0.15, 0.2) is 0 Å². The molecular formula is C12H18OS4. The summed E-state index contributed by atoms with van der Waals surface area (Å²) < 4.78 is 0.175. The zero-order valence-electron chi connectivity index (χ0n) is 9.90. The van der Waals surface area contributed by atoms with Gasteiger partial charge in [0.1, 0.15) is 0 Å². The first-order valence-electron chi connectivity index (χ1n) is 6.03. The highest BCUT2D eigenvalue weighted by atomic mass is 32.2. The highest BCUT2D eigenvalue weighted by Crippen LogP contribution is 2.69. The second-order valence-electron chi connectivity index (χ2n) is 6.51. The molecule has 0 aromatic carbocycles. The summed E-state index contributed by atoms with van der Waals surface area (Å²) in [6, 6.07) is 0. The molecule has 0 spiro atoms. The summed E-state index contributed by atoms with van der Waals surface area (Å²) in [6.07, 6.45) is 6.31. The first-order valence-corrected chi connectivity index (χ1v) is 8.18. The van der Waals surface area contributed by atoms with Crippen molar-refractivity contribution in [2.24, 2.45) is 0 Å². The zero-order chi connectivity index (χ0) is 12.5. The summed E-state index contributed by atoms with van der Waals surface area (Å²) in [6.45, 7) is 1.67. The maximum Gasteiger partial charge on any atom is 0.186 e. The largest absolute Gasteiger partial charge is 0.288 e. The molecule has 96 valence electrons. The summed E-state index contributed by atoms with van der Waals surface area (Å²) >= 11 is 16.3. The van der Waals surface area contributed by atoms with Gasteiger partial charge in [-0.25, -0.2) is 0 Å². The van der Waals surface area contributed by atoms with Gasteiger partial charge in [0.05, 0.1) is 0 Å². The van der Waals surface area contributed by atoms with E-state index in [1.807, 2.05) is 0 Å². The minimum absolute atomic E-state index is 0.0424. The Labute approximate surface area is 123 Å². The maximum atomic E-state index is 11.5. The SMILES string of the molecule is CC(=O)SC12CC3(S)CC(S)(CC(S)(C3)C1)C2. The molecular weight excluding hydrogens is 288 g/mol. The number of thiol groups is 3. The van der Waals surface area contributed by atoms with E-state index in [-0.39, 0.29) is 24.1 Å². The van der Waals surface area contributed by atoms with E-state index >= 15 is 0 Å². The van der Waals surface area contributed by atoms with Gasteiger partial charge in [0.15, 0.2) is 5.12 Å². The molecule has 0 aliphatic heterocycles. The molecule has 0 heterocycles. The zero-order valence-corrected chi connectivity index (χ0v) is 13.4. The van der Waals surface area contributed by atoms with Gasteiger partial charge in [0, 0.05) is 25.9 Å². The van der Waals surface area contributed by atoms with Crippen LogP contribution in [0.1, 0.15) is 45.4 Å². The van der Waals surface area contributed by atoms with Crippen molar-refractivity contribution >= 4 is 54.8 Å². The van der Waals surface area contributed by atoms with Crippen molar-refractivity contribution < 1.29 is 4.79 Å². The van der Waals surface area contributed by atoms with Crippen LogP contribution in [0.3, 0.4) is 0 Å². The van der Waals surface area contributed by atoms with E-state index in [9.17, 15) is 4.79 Å². The van der Waals surface area contributed by atoms with Crippen LogP contribution in [0.2, 0.25) is 0 Å². The highest BCUT2D eigenvalue weighted by molar-refractivity contribution is 8.14. The number of thioether (sulfide) groups is 1. The molecule has 0 saturated heterocycles. The van der Waals surface area contributed by atoms with Gasteiger partial charge in [0.25, 0.3) is 0 Å². The Balaban J connectivity index is 2.01. The summed E-state index contributed by atoms with van der Waals surface area (Å²) in [5.41, 5.74) is 0. The maximum absolute atomic E-state index is 11.5. The molecule has 1 nitrogen and oxygen atoms in total. The molecule has 0 radical (unpaired) electrons. The summed E-state index contributed by atoms with van der Waals surface area (Å²) in [5, 5.41) is 0.220. The van der Waals surface area contributed by atoms with Crippen LogP contribution in [-0.2, 0) is 4.79 Å². The predicted octanol–water partition coefficient (Wildman–Crippen LogP) is 3.39. The van der Waals surface area contributed by atoms with Gasteiger partial charge < -0.3 is 0 Å². The van der Waals surface area contributed by atoms with E-state index < -0.39 is 0 Å². The van der Waals surface area contributed by atoms with Gasteiger partial charge in [-0.1, -0.05) is 11.8 Å². The Morgan fingerprint density at radius 1 is 0.882 bits per heavy atom. The quantitative estimate of drug-likeness (QED) is 0.644. The van der Waals surface area contributed by atoms with E-state index in [0.29, 0.717) is 0 Å². The van der Waals surface area contributed by atoms with Crippen molar-refractivity contribution in [1.82, 2.24) is 0 Å². The third-order valence-electron chi connectivity index (χ3n) is 4.29. The lowest BCUT2D eigenvalue weighted by atomic mass is 9.54. The molecule has 4 rings (SSSR count). The number of hydrogen-bond donors (Lipinski definition) is 3. The normalized spacial score (nSPS) is 56.2. The predicted molar refractivity (Wildman–Crippen MR) is 83.9 cm³/mol. The highest BCUT2D eigenvalue weighted by Gasteiger charge is 2.66. The molecule has 0 amide bonds. The van der Waals surface area contributed by atoms with Crippen molar-refractivity contribution in [3.63, 3.8) is 0 Å². The van der Waals surface area contributed by atoms with Crippen molar-refractivity contribution in [2.75, 3.05) is 0 Å². The number of hydrogen-bond acceptors (Lipinski definition) is 5. The minimum Gasteiger partial charge on any atom is -0.288 e. The Morgan fingerprint density at radius 2 is 1.24 bits per heavy atom. The Bertz CT molecular complexity index is 340. The van der Waals surface area contributed by atoms with Gasteiger partial charge in [-0.15, -0.1) is 0 Å². The molecule has 17 heavy (non-hydrogen) atoms. The topological polar surface area (TPSA) is 17.1 Å². The molecule has 4 fully saturated rings. The van der Waals surface area contributed by atoms with Crippen LogP contribution in [0.25, 0.3) is 0 Å². The third kappa shape index (κ3) is 2.19. The van der Waals surface area contributed by atoms with Gasteiger partial charge in [-0.3, -0.25) is 4.79 Å². The van der Waals surface area contributed by atoms with E-state index in [1.54, 1.807) is 6.92 Å². The molecule has 4 bridgehead atoms. The van der Waals surface area contributed by atoms with Gasteiger partial charge in [-0.05, 0) is 38.5 Å². The van der Waals surface area contributed by atoms with E-state index in [1.165, 1.54) is 11.8 Å². The first-order chi connectivity index (χ1) is 7.66. The van der Waals surface area contributed by atoms with Crippen LogP contribution in [0, 0.1) is 0 Å². The number of rotatable bonds is 1. The van der Waals surface area contributed by atoms with Crippen molar-refractivity contribution in [1.29, 1.82) is 0 Å². The van der Waals surface area contributed by atoms with E-state index in [2.05, 4.69) is 0 Å². The van der Waals surface area contributed by atoms with Gasteiger partial charge in [0.2, 0.25) is 0 Å². The van der Waals surface area contributed by atoms with Gasteiger partial charge in [-0.2, -0.15) is 37.9 Å². The number of carbonyl (C=O) groups excluding carboxylic acids is 1. The summed E-state index contributed by atoms with van der Waals surface area (Å²) in [7, 11) is 0. The van der Waals surface area contributed by atoms with Crippen LogP contribution in [0.5, 0.6) is 0 Å². The smallest absolute Gasteiger partial charge is 0.186 e. The average Bonchev–Trinajstić information content (AvgIpc) is 1.87. The van der Waals surface area contributed by atoms with Crippen LogP contribution in [0.4, 0.5) is 0 Å². The molecule has 5 heteroatoms. The molecule has 0 aromatic rings. The fourth-order valence-corrected chi connectivity index (χ4v) is 9.87. The second-order valence-corrected chi connectivity index (χ2v) is 11.0. The Kier molecular flexibility index (Phi) is 2.76. The molecule has 4 aliphatic rings. The van der Waals surface area contributed by atoms with Crippen LogP contribution in [-0.4, -0.2) is 24.1 Å². The van der Waals surface area contributed by atoms with E-state index in [4.69, 9.17) is 37.9 Å². The minimum atomic E-state index is 0.0424. The molecule has 4 aliphatic carbocycles. The summed E-state index contributed by atoms with van der Waals surface area (Å²) in [5.74, 6) is 0. The molecule has 0 N–H and O–H groups in total. The lowest BCUT2D eigenvalue weighted by Gasteiger charge is -2.67. The van der Waals surface area contributed by atoms with Crippen molar-refractivity contribution in [3.8, 4) is 0 Å². The lowest BCUT2D eigenvalue weighted by Crippen LogP contribution is -2.66. The monoisotopic (exact) mass is 306 g/mol. The standard InChI is InChI=1S/C12H18OS4/c1-8(13)17-12-5-9(14)2-10(15,6-12)4-11(16,3-9)7-12/h14-16H,2-7H2,1H3. The first kappa shape index (κ1) is 13.1. The Morgan fingerprint density at radius 3 is 1.53 bits per heavy atom. The lowest BCUT2D eigenvalue weighted by molar-refractivity contribution is -0.109. The van der Waals surface area contributed by atoms with Crippen molar-refractivity contribution in [2.45, 2.75) is 64.4 Å². The molecule has 0 unspecified atom stereocenters. The summed E-state index contributed by atoms with van der Waals surface area (Å²) in [4.78, 5) is 11.5. The molecule has 0 atom stereocenters. The molecule has 4 saturated carbocycles. The third-order valence-corrected chi connectivity index (χ3v) is 6.86. The fraction of sp³-hybridized carbons (Fsp3) is 0.917. The Hall–Kier alpha value is 1.07. The molecule has 0 aromatic heterocycles. The van der Waals surface area contributed by atoms with Crippen LogP contribution < -0.4 is 0 Å². The van der Waals surface area contributed by atoms with Crippen LogP contribution >= 0.6 is 49.6 Å². The van der Waals surface area contributed by atoms with Crippen molar-refractivity contribution in [3.05, 3.63) is 0 Å². The average molecular weight is 307 g/mol. The fourth-order valence-electron chi connectivity index (χ4n) is 4.80. The van der Waals surface area contributed by atoms with Gasteiger partial charge >= 0.3 is 0 Å². The van der Waals surface area contributed by atoms with E-state index in [0.717, 1.165) is 38.5 Å².